The van der Waals surface area contributed by atoms with Gasteiger partial charge in [-0.25, -0.2) is 18.0 Å². The predicted octanol–water partition coefficient (Wildman–Crippen LogP) is 12.3. The summed E-state index contributed by atoms with van der Waals surface area (Å²) in [7, 11) is -10.5. The molecule has 0 radical (unpaired) electrons. The molecule has 0 spiro atoms. The maximum absolute atomic E-state index is 13.2. The molecule has 0 aliphatic carbocycles. The van der Waals surface area contributed by atoms with Crippen LogP contribution in [-0.2, 0) is 42.4 Å². The van der Waals surface area contributed by atoms with Crippen LogP contribution in [0, 0.1) is 0 Å². The van der Waals surface area contributed by atoms with Crippen LogP contribution in [0.15, 0.2) is 44.7 Å². The highest BCUT2D eigenvalue weighted by atomic mass is 32.2. The zero-order valence-corrected chi connectivity index (χ0v) is 45.4. The number of benzene rings is 2. The molecule has 0 bridgehead atoms. The van der Waals surface area contributed by atoms with Crippen molar-refractivity contribution in [3.05, 3.63) is 45.4 Å². The summed E-state index contributed by atoms with van der Waals surface area (Å²) in [6.45, 7) is 14.0. The van der Waals surface area contributed by atoms with Crippen LogP contribution in [0.5, 0.6) is 0 Å². The zero-order chi connectivity index (χ0) is 55.1. The SMILES string of the molecule is CCCCOC(=O)c1nnc(N=Nc2cc3c(cc2NS(=O)(=O)C(F)(F)F)N(CCCC)C(C)CC3)s1.CCCCOC(=O)c1nnc(N=Nc2cc3c(cc2NS(=O)(=O)CC(F)(F)F)N(CCCC)C(C)CC3)s1. The number of hydrogen-bond acceptors (Lipinski definition) is 20. The third-order valence-corrected chi connectivity index (χ3v) is 15.5. The molecule has 4 heterocycles. The number of aryl methyl sites for hydroxylation is 2. The van der Waals surface area contributed by atoms with Crippen molar-refractivity contribution in [2.45, 2.75) is 142 Å². The van der Waals surface area contributed by atoms with Crippen molar-refractivity contribution in [2.24, 2.45) is 20.5 Å². The number of nitrogens with one attached hydrogen (secondary N) is 2. The Hall–Kier alpha value is -5.62. The van der Waals surface area contributed by atoms with E-state index in [0.717, 1.165) is 97.4 Å². The molecule has 414 valence electrons. The van der Waals surface area contributed by atoms with Crippen LogP contribution < -0.4 is 19.2 Å². The smallest absolute Gasteiger partial charge is 0.460 e. The Labute approximate surface area is 439 Å². The molecule has 0 amide bonds. The van der Waals surface area contributed by atoms with E-state index in [1.165, 1.54) is 18.2 Å². The molecule has 20 nitrogen and oxygen atoms in total. The van der Waals surface area contributed by atoms with Gasteiger partial charge in [-0.2, -0.15) is 34.8 Å². The number of ether oxygens (including phenoxy) is 2. The Morgan fingerprint density at radius 1 is 0.640 bits per heavy atom. The molecule has 2 unspecified atom stereocenters. The maximum atomic E-state index is 13.2. The Morgan fingerprint density at radius 2 is 1.05 bits per heavy atom. The average Bonchev–Trinajstić information content (AvgIpc) is 4.02. The van der Waals surface area contributed by atoms with Crippen molar-refractivity contribution in [1.82, 2.24) is 20.4 Å². The number of fused-ring (bicyclic) bond motifs is 2. The van der Waals surface area contributed by atoms with E-state index in [-0.39, 0.29) is 68.3 Å². The molecule has 75 heavy (non-hydrogen) atoms. The second-order valence-corrected chi connectivity index (χ2v) is 22.9. The second-order valence-electron chi connectivity index (χ2n) is 17.6. The first kappa shape index (κ1) is 60.2. The molecule has 4 aromatic rings. The fraction of sp³-hybridized carbons (Fsp3) is 0.600. The molecular weight excluding hydrogens is 1080 g/mol. The van der Waals surface area contributed by atoms with Gasteiger partial charge in [-0.1, -0.05) is 76.1 Å². The Bertz CT molecular complexity index is 2870. The number of hydrogen-bond donors (Lipinski definition) is 2. The number of carbonyl (C=O) groups is 2. The Morgan fingerprint density at radius 3 is 1.44 bits per heavy atom. The molecule has 2 N–H and O–H groups in total. The number of nitrogens with zero attached hydrogens (tertiary/aromatic N) is 10. The first-order chi connectivity index (χ1) is 35.4. The monoisotopic (exact) mass is 1140 g/mol. The van der Waals surface area contributed by atoms with E-state index >= 15 is 0 Å². The van der Waals surface area contributed by atoms with E-state index in [2.05, 4.69) is 64.5 Å². The van der Waals surface area contributed by atoms with Crippen molar-refractivity contribution >= 4 is 99.0 Å². The Kier molecular flexibility index (Phi) is 21.6. The molecule has 6 rings (SSSR count). The summed E-state index contributed by atoms with van der Waals surface area (Å²) in [4.78, 5) is 28.3. The number of anilines is 4. The maximum Gasteiger partial charge on any atom is 0.516 e. The van der Waals surface area contributed by atoms with Crippen LogP contribution in [0.2, 0.25) is 0 Å². The van der Waals surface area contributed by atoms with E-state index in [1.54, 1.807) is 10.8 Å². The molecule has 2 atom stereocenters. The van der Waals surface area contributed by atoms with Gasteiger partial charge in [0.05, 0.1) is 24.6 Å². The van der Waals surface area contributed by atoms with Crippen molar-refractivity contribution in [2.75, 3.05) is 51.3 Å². The molecule has 2 aromatic heterocycles. The number of unbranched alkanes of at least 4 members (excludes halogenated alkanes) is 4. The van der Waals surface area contributed by atoms with Crippen molar-refractivity contribution in [3.8, 4) is 0 Å². The van der Waals surface area contributed by atoms with E-state index in [9.17, 15) is 52.8 Å². The lowest BCUT2D eigenvalue weighted by Gasteiger charge is -2.37. The molecule has 2 aromatic carbocycles. The summed E-state index contributed by atoms with van der Waals surface area (Å²) in [6.07, 6.45) is 4.83. The Balaban J connectivity index is 0.000000277. The lowest BCUT2D eigenvalue weighted by Crippen LogP contribution is -2.38. The van der Waals surface area contributed by atoms with Gasteiger partial charge < -0.3 is 19.3 Å². The van der Waals surface area contributed by atoms with Gasteiger partial charge >= 0.3 is 33.6 Å². The van der Waals surface area contributed by atoms with Crippen LogP contribution in [0.3, 0.4) is 0 Å². The minimum absolute atomic E-state index is 0.00690. The number of esters is 2. The molecular formula is C45H60F6N12O8S4. The second kappa shape index (κ2) is 26.9. The summed E-state index contributed by atoms with van der Waals surface area (Å²) < 4.78 is 140. The van der Waals surface area contributed by atoms with Crippen molar-refractivity contribution in [1.29, 1.82) is 0 Å². The minimum Gasteiger partial charge on any atom is -0.460 e. The third-order valence-electron chi connectivity index (χ3n) is 11.5. The molecule has 0 fully saturated rings. The molecule has 30 heteroatoms. The van der Waals surface area contributed by atoms with E-state index in [1.807, 2.05) is 32.4 Å². The summed E-state index contributed by atoms with van der Waals surface area (Å²) in [5.74, 6) is -3.35. The lowest BCUT2D eigenvalue weighted by atomic mass is 9.95. The van der Waals surface area contributed by atoms with Crippen molar-refractivity contribution in [3.63, 3.8) is 0 Å². The summed E-state index contributed by atoms with van der Waals surface area (Å²) in [6, 6.07) is 6.34. The number of carbonyl (C=O) groups excluding carboxylic acids is 2. The van der Waals surface area contributed by atoms with Gasteiger partial charge in [-0.3, -0.25) is 9.44 Å². The first-order valence-corrected chi connectivity index (χ1v) is 29.0. The van der Waals surface area contributed by atoms with Crippen LogP contribution in [-0.4, -0.2) is 105 Å². The fourth-order valence-electron chi connectivity index (χ4n) is 7.59. The normalized spacial score (nSPS) is 16.1. The van der Waals surface area contributed by atoms with Gasteiger partial charge in [0.15, 0.2) is 5.75 Å². The summed E-state index contributed by atoms with van der Waals surface area (Å²) in [5.41, 5.74) is -3.00. The van der Waals surface area contributed by atoms with Crippen molar-refractivity contribution < 1.29 is 62.2 Å². The van der Waals surface area contributed by atoms with E-state index in [0.29, 0.717) is 37.9 Å². The molecule has 2 aliphatic rings. The quantitative estimate of drug-likeness (QED) is 0.0303. The van der Waals surface area contributed by atoms with Crippen LogP contribution in [0.1, 0.15) is 136 Å². The number of rotatable bonds is 23. The van der Waals surface area contributed by atoms with Gasteiger partial charge in [0.2, 0.25) is 20.0 Å². The number of sulfonamides is 2. The number of azo groups is 2. The number of halogens is 6. The minimum atomic E-state index is -5.71. The number of alkyl halides is 6. The molecule has 0 saturated heterocycles. The zero-order valence-electron chi connectivity index (χ0n) is 42.1. The van der Waals surface area contributed by atoms with Gasteiger partial charge in [0.1, 0.15) is 11.4 Å². The van der Waals surface area contributed by atoms with Crippen LogP contribution >= 0.6 is 22.7 Å². The van der Waals surface area contributed by atoms with Crippen LogP contribution in [0.4, 0.5) is 70.7 Å². The third kappa shape index (κ3) is 17.5. The van der Waals surface area contributed by atoms with Gasteiger partial charge in [0.25, 0.3) is 10.3 Å². The highest BCUT2D eigenvalue weighted by Gasteiger charge is 2.46. The lowest BCUT2D eigenvalue weighted by molar-refractivity contribution is -0.106. The standard InChI is InChI=1S/C23H31F3N6O4S2.C22H29F3N6O4S2/c1-4-6-10-32-15(3)8-9-16-12-17(18(13-19(16)32)31-38(34,35)14-23(24,25)26)27-29-22-30-28-20(37-22)21(33)36-11-7-5-2;1-4-6-10-31-14(3)8-9-15-12-16(17(13-18(15)31)30-37(33,34)22(23,24)25)26-28-21-29-27-19(36-21)20(32)35-11-7-5-2/h12-13,15,31H,4-11,14H2,1-3H3;12-14,30H,4-11H2,1-3H3. The van der Waals surface area contributed by atoms with Crippen LogP contribution in [0.25, 0.3) is 0 Å². The summed E-state index contributed by atoms with van der Waals surface area (Å²) >= 11 is 1.63. The largest absolute Gasteiger partial charge is 0.516 e. The first-order valence-electron chi connectivity index (χ1n) is 24.3. The van der Waals surface area contributed by atoms with E-state index < -0.39 is 49.4 Å². The predicted molar refractivity (Wildman–Crippen MR) is 274 cm³/mol. The van der Waals surface area contributed by atoms with Gasteiger partial charge in [-0.05, 0) is 101 Å². The molecule has 2 aliphatic heterocycles. The molecule has 0 saturated carbocycles. The van der Waals surface area contributed by atoms with E-state index in [4.69, 9.17) is 9.47 Å². The highest BCUT2D eigenvalue weighted by molar-refractivity contribution is 7.93. The van der Waals surface area contributed by atoms with Gasteiger partial charge in [0, 0.05) is 36.5 Å². The fourth-order valence-corrected chi connectivity index (χ4v) is 10.3. The number of aromatic nitrogens is 4. The average molecular weight is 1140 g/mol. The topological polar surface area (TPSA) is 252 Å². The van der Waals surface area contributed by atoms with Gasteiger partial charge in [-0.15, -0.1) is 40.9 Å². The summed E-state index contributed by atoms with van der Waals surface area (Å²) in [5, 5.41) is 30.8. The highest BCUT2D eigenvalue weighted by Crippen LogP contribution is 2.43.